The van der Waals surface area contributed by atoms with Crippen LogP contribution in [-0.4, -0.2) is 40.2 Å². The number of nitrogens with zero attached hydrogens (tertiary/aromatic N) is 2. The molecule has 0 atom stereocenters. The Labute approximate surface area is 169 Å². The second-order valence-corrected chi connectivity index (χ2v) is 7.11. The van der Waals surface area contributed by atoms with Crippen LogP contribution in [0.1, 0.15) is 31.0 Å². The van der Waals surface area contributed by atoms with Crippen LogP contribution in [0.5, 0.6) is 11.5 Å². The first kappa shape index (κ1) is 19.1. The lowest BCUT2D eigenvalue weighted by atomic mass is 10.0. The zero-order valence-electron chi connectivity index (χ0n) is 16.7. The number of imidazole rings is 1. The van der Waals surface area contributed by atoms with Crippen LogP contribution < -0.4 is 14.8 Å². The van der Waals surface area contributed by atoms with Crippen LogP contribution >= 0.6 is 0 Å². The molecule has 2 N–H and O–H groups in total. The fourth-order valence-electron chi connectivity index (χ4n) is 3.68. The Morgan fingerprint density at radius 2 is 2.00 bits per heavy atom. The van der Waals surface area contributed by atoms with E-state index in [-0.39, 0.29) is 6.42 Å². The number of benzene rings is 1. The highest BCUT2D eigenvalue weighted by atomic mass is 16.6. The topological polar surface area (TPSA) is 85.1 Å². The molecule has 0 spiro atoms. The first-order chi connectivity index (χ1) is 14.1. The molecular weight excluding hydrogens is 370 g/mol. The largest absolute Gasteiger partial charge is 0.486 e. The third kappa shape index (κ3) is 3.72. The summed E-state index contributed by atoms with van der Waals surface area (Å²) in [7, 11) is 0. The molecule has 0 saturated heterocycles. The number of aryl methyl sites for hydroxylation is 2. The van der Waals surface area contributed by atoms with Crippen LogP contribution in [0, 0.1) is 6.92 Å². The van der Waals surface area contributed by atoms with Crippen LogP contribution in [0.4, 0.5) is 5.82 Å². The summed E-state index contributed by atoms with van der Waals surface area (Å²) in [6.07, 6.45) is 1.52. The zero-order chi connectivity index (χ0) is 20.4. The average molecular weight is 395 g/mol. The number of hydrogen-bond acceptors (Lipinski definition) is 5. The van der Waals surface area contributed by atoms with E-state index in [9.17, 15) is 4.79 Å². The smallest absolute Gasteiger partial charge is 0.303 e. The second-order valence-electron chi connectivity index (χ2n) is 7.11. The second kappa shape index (κ2) is 8.03. The van der Waals surface area contributed by atoms with Gasteiger partial charge in [-0.05, 0) is 49.6 Å². The van der Waals surface area contributed by atoms with Crippen molar-refractivity contribution < 1.29 is 19.4 Å². The Bertz CT molecular complexity index is 1060. The van der Waals surface area contributed by atoms with E-state index in [0.717, 1.165) is 51.9 Å². The van der Waals surface area contributed by atoms with Crippen molar-refractivity contribution in [1.82, 2.24) is 9.38 Å². The van der Waals surface area contributed by atoms with Gasteiger partial charge in [0.15, 0.2) is 11.5 Å². The first-order valence-electron chi connectivity index (χ1n) is 9.95. The molecule has 7 nitrogen and oxygen atoms in total. The van der Waals surface area contributed by atoms with E-state index in [0.29, 0.717) is 26.2 Å². The maximum Gasteiger partial charge on any atom is 0.303 e. The van der Waals surface area contributed by atoms with E-state index in [4.69, 9.17) is 19.6 Å². The third-order valence-electron chi connectivity index (χ3n) is 5.09. The normalized spacial score (nSPS) is 12.9. The van der Waals surface area contributed by atoms with Crippen molar-refractivity contribution in [3.8, 4) is 22.8 Å². The van der Waals surface area contributed by atoms with Gasteiger partial charge in [-0.2, -0.15) is 0 Å². The molecule has 0 fully saturated rings. The van der Waals surface area contributed by atoms with Gasteiger partial charge in [0.2, 0.25) is 0 Å². The molecule has 0 unspecified atom stereocenters. The Morgan fingerprint density at radius 1 is 1.24 bits per heavy atom. The summed E-state index contributed by atoms with van der Waals surface area (Å²) in [6, 6.07) is 10.0. The number of fused-ring (bicyclic) bond motifs is 2. The predicted octanol–water partition coefficient (Wildman–Crippen LogP) is 3.92. The number of carboxylic acid groups (broad SMARTS) is 1. The van der Waals surface area contributed by atoms with Crippen LogP contribution in [0.25, 0.3) is 16.9 Å². The van der Waals surface area contributed by atoms with Gasteiger partial charge in [0.25, 0.3) is 0 Å². The molecule has 1 aliphatic heterocycles. The summed E-state index contributed by atoms with van der Waals surface area (Å²) in [5.74, 6) is 1.57. The zero-order valence-corrected chi connectivity index (χ0v) is 16.7. The van der Waals surface area contributed by atoms with E-state index >= 15 is 0 Å². The Balaban J connectivity index is 1.81. The van der Waals surface area contributed by atoms with E-state index in [1.807, 2.05) is 31.2 Å². The quantitative estimate of drug-likeness (QED) is 0.590. The van der Waals surface area contributed by atoms with E-state index < -0.39 is 5.97 Å². The van der Waals surface area contributed by atoms with Crippen molar-refractivity contribution in [3.05, 3.63) is 41.6 Å². The minimum atomic E-state index is -0.790. The average Bonchev–Trinajstić information content (AvgIpc) is 3.09. The molecule has 2 aromatic heterocycles. The van der Waals surface area contributed by atoms with Gasteiger partial charge in [0, 0.05) is 24.2 Å². The van der Waals surface area contributed by atoms with E-state index in [1.54, 1.807) is 0 Å². The van der Waals surface area contributed by atoms with Gasteiger partial charge < -0.3 is 19.9 Å². The summed E-state index contributed by atoms with van der Waals surface area (Å²) in [4.78, 5) is 15.8. The molecule has 1 aliphatic rings. The standard InChI is InChI=1S/C22H25N3O4/c1-3-15-6-4-7-19-24-21(22(25(15)19)23-9-5-8-20(26)27)16-13-18-17(12-14(16)2)28-10-11-29-18/h4,6-7,12-13,23H,3,5,8-11H2,1-2H3,(H,26,27). The van der Waals surface area contributed by atoms with E-state index in [1.165, 1.54) is 0 Å². The van der Waals surface area contributed by atoms with Gasteiger partial charge in [-0.15, -0.1) is 0 Å². The molecule has 3 aromatic rings. The monoisotopic (exact) mass is 395 g/mol. The van der Waals surface area contributed by atoms with Gasteiger partial charge >= 0.3 is 5.97 Å². The minimum absolute atomic E-state index is 0.128. The first-order valence-corrected chi connectivity index (χ1v) is 9.95. The van der Waals surface area contributed by atoms with Crippen molar-refractivity contribution in [1.29, 1.82) is 0 Å². The van der Waals surface area contributed by atoms with Gasteiger partial charge in [-0.25, -0.2) is 4.98 Å². The number of nitrogens with one attached hydrogen (secondary N) is 1. The molecule has 0 radical (unpaired) electrons. The van der Waals surface area contributed by atoms with Crippen LogP contribution in [0.3, 0.4) is 0 Å². The highest BCUT2D eigenvalue weighted by Crippen LogP contribution is 2.39. The van der Waals surface area contributed by atoms with Crippen LogP contribution in [-0.2, 0) is 11.2 Å². The molecule has 3 heterocycles. The number of aromatic nitrogens is 2. The lowest BCUT2D eigenvalue weighted by Crippen LogP contribution is -2.15. The lowest BCUT2D eigenvalue weighted by molar-refractivity contribution is -0.137. The summed E-state index contributed by atoms with van der Waals surface area (Å²) in [5.41, 5.74) is 4.84. The highest BCUT2D eigenvalue weighted by molar-refractivity contribution is 5.80. The number of rotatable bonds is 7. The number of carboxylic acids is 1. The molecular formula is C22H25N3O4. The van der Waals surface area contributed by atoms with Crippen molar-refractivity contribution in [2.75, 3.05) is 25.1 Å². The lowest BCUT2D eigenvalue weighted by Gasteiger charge is -2.20. The molecule has 1 aromatic carbocycles. The van der Waals surface area contributed by atoms with Gasteiger partial charge in [0.05, 0.1) is 0 Å². The SMILES string of the molecule is CCc1cccc2nc(-c3cc4c(cc3C)OCCO4)c(NCCCC(=O)O)n12. The van der Waals surface area contributed by atoms with Crippen molar-refractivity contribution in [2.45, 2.75) is 33.1 Å². The minimum Gasteiger partial charge on any atom is -0.486 e. The fourth-order valence-corrected chi connectivity index (χ4v) is 3.68. The number of ether oxygens (including phenoxy) is 2. The highest BCUT2D eigenvalue weighted by Gasteiger charge is 2.21. The molecule has 152 valence electrons. The summed E-state index contributed by atoms with van der Waals surface area (Å²) >= 11 is 0. The Kier molecular flexibility index (Phi) is 5.29. The van der Waals surface area contributed by atoms with Gasteiger partial charge in [-0.3, -0.25) is 9.20 Å². The molecule has 29 heavy (non-hydrogen) atoms. The Morgan fingerprint density at radius 3 is 2.72 bits per heavy atom. The Hall–Kier alpha value is -3.22. The molecule has 7 heteroatoms. The maximum atomic E-state index is 10.9. The molecule has 0 saturated carbocycles. The number of hydrogen-bond donors (Lipinski definition) is 2. The molecule has 0 bridgehead atoms. The predicted molar refractivity (Wildman–Crippen MR) is 111 cm³/mol. The van der Waals surface area contributed by atoms with Crippen molar-refractivity contribution in [2.24, 2.45) is 0 Å². The fraction of sp³-hybridized carbons (Fsp3) is 0.364. The van der Waals surface area contributed by atoms with E-state index in [2.05, 4.69) is 22.7 Å². The number of aliphatic carboxylic acids is 1. The van der Waals surface area contributed by atoms with Crippen LogP contribution in [0.2, 0.25) is 0 Å². The number of pyridine rings is 1. The number of anilines is 1. The summed E-state index contributed by atoms with van der Waals surface area (Å²) in [5, 5.41) is 12.4. The molecule has 0 aliphatic carbocycles. The summed E-state index contributed by atoms with van der Waals surface area (Å²) in [6.45, 7) is 5.77. The third-order valence-corrected chi connectivity index (χ3v) is 5.09. The van der Waals surface area contributed by atoms with Gasteiger partial charge in [-0.1, -0.05) is 13.0 Å². The molecule has 0 amide bonds. The molecule has 4 rings (SSSR count). The van der Waals surface area contributed by atoms with Crippen LogP contribution in [0.15, 0.2) is 30.3 Å². The van der Waals surface area contributed by atoms with Gasteiger partial charge in [0.1, 0.15) is 30.4 Å². The summed E-state index contributed by atoms with van der Waals surface area (Å²) < 4.78 is 13.6. The number of carbonyl (C=O) groups is 1. The van der Waals surface area contributed by atoms with Crippen molar-refractivity contribution in [3.63, 3.8) is 0 Å². The maximum absolute atomic E-state index is 10.9. The van der Waals surface area contributed by atoms with Crippen molar-refractivity contribution >= 4 is 17.4 Å².